The Bertz CT molecular complexity index is 924. The fourth-order valence-corrected chi connectivity index (χ4v) is 4.34. The lowest BCUT2D eigenvalue weighted by Crippen LogP contribution is -2.30. The third-order valence-corrected chi connectivity index (χ3v) is 6.02. The second kappa shape index (κ2) is 6.88. The molecule has 0 spiro atoms. The summed E-state index contributed by atoms with van der Waals surface area (Å²) in [6.07, 6.45) is 0. The second-order valence-corrected chi connectivity index (χ2v) is 8.70. The Morgan fingerprint density at radius 3 is 2.00 bits per heavy atom. The molecule has 0 radical (unpaired) electrons. The fourth-order valence-electron chi connectivity index (χ4n) is 1.95. The first-order chi connectivity index (χ1) is 11.1. The van der Waals surface area contributed by atoms with Crippen molar-refractivity contribution in [2.45, 2.75) is 29.7 Å². The largest absolute Gasteiger partial charge is 0.280 e. The summed E-state index contributed by atoms with van der Waals surface area (Å²) >= 11 is 0. The summed E-state index contributed by atoms with van der Waals surface area (Å²) in [5, 5.41) is 0. The number of hydrogen-bond acceptors (Lipinski definition) is 4. The van der Waals surface area contributed by atoms with Crippen LogP contribution < -0.4 is 9.44 Å². The molecule has 2 aromatic carbocycles. The summed E-state index contributed by atoms with van der Waals surface area (Å²) in [6.45, 7) is 3.38. The number of anilines is 1. The first-order valence-corrected chi connectivity index (χ1v) is 9.98. The van der Waals surface area contributed by atoms with Crippen LogP contribution in [-0.4, -0.2) is 22.9 Å². The molecule has 6 nitrogen and oxygen atoms in total. The summed E-state index contributed by atoms with van der Waals surface area (Å²) in [5.74, 6) is -0.870. The molecular formula is C15H17FN2O4S2. The lowest BCUT2D eigenvalue weighted by Gasteiger charge is -2.11. The molecule has 0 heterocycles. The molecule has 9 heteroatoms. The Balaban J connectivity index is 2.25. The van der Waals surface area contributed by atoms with E-state index in [1.54, 1.807) is 13.8 Å². The van der Waals surface area contributed by atoms with Gasteiger partial charge in [-0.3, -0.25) is 4.72 Å². The first kappa shape index (κ1) is 18.4. The lowest BCUT2D eigenvalue weighted by molar-refractivity contribution is 0.568. The molecule has 0 aliphatic heterocycles. The van der Waals surface area contributed by atoms with E-state index in [-0.39, 0.29) is 16.6 Å². The first-order valence-electron chi connectivity index (χ1n) is 7.01. The average Bonchev–Trinajstić information content (AvgIpc) is 2.46. The van der Waals surface area contributed by atoms with E-state index in [0.29, 0.717) is 0 Å². The van der Waals surface area contributed by atoms with Crippen molar-refractivity contribution in [3.63, 3.8) is 0 Å². The molecule has 0 saturated heterocycles. The van der Waals surface area contributed by atoms with E-state index in [4.69, 9.17) is 0 Å². The average molecular weight is 372 g/mol. The Labute approximate surface area is 140 Å². The van der Waals surface area contributed by atoms with Crippen LogP contribution in [0.1, 0.15) is 13.8 Å². The van der Waals surface area contributed by atoms with Crippen LogP contribution in [0.3, 0.4) is 0 Å². The molecule has 130 valence electrons. The van der Waals surface area contributed by atoms with Crippen molar-refractivity contribution in [3.05, 3.63) is 54.3 Å². The van der Waals surface area contributed by atoms with Crippen molar-refractivity contribution in [1.82, 2.24) is 4.72 Å². The van der Waals surface area contributed by atoms with Crippen molar-refractivity contribution < 1.29 is 21.2 Å². The molecule has 2 N–H and O–H groups in total. The summed E-state index contributed by atoms with van der Waals surface area (Å²) < 4.78 is 66.6. The Morgan fingerprint density at radius 2 is 1.46 bits per heavy atom. The summed E-state index contributed by atoms with van der Waals surface area (Å²) in [5.41, 5.74) is 0.127. The third-order valence-electron chi connectivity index (χ3n) is 2.93. The predicted octanol–water partition coefficient (Wildman–Crippen LogP) is 2.31. The van der Waals surface area contributed by atoms with E-state index in [1.165, 1.54) is 36.4 Å². The maximum Gasteiger partial charge on any atom is 0.264 e. The minimum absolute atomic E-state index is 0.00467. The van der Waals surface area contributed by atoms with Crippen molar-refractivity contribution in [1.29, 1.82) is 0 Å². The van der Waals surface area contributed by atoms with Gasteiger partial charge in [0.25, 0.3) is 10.0 Å². The molecule has 0 saturated carbocycles. The van der Waals surface area contributed by atoms with Gasteiger partial charge >= 0.3 is 0 Å². The summed E-state index contributed by atoms with van der Waals surface area (Å²) in [6, 6.07) is 9.84. The zero-order valence-electron chi connectivity index (χ0n) is 13.0. The Hall–Kier alpha value is -1.97. The van der Waals surface area contributed by atoms with Gasteiger partial charge in [0.05, 0.1) is 4.90 Å². The number of halogens is 1. The highest BCUT2D eigenvalue weighted by atomic mass is 32.2. The highest BCUT2D eigenvalue weighted by Gasteiger charge is 2.19. The molecular weight excluding hydrogens is 355 g/mol. The van der Waals surface area contributed by atoms with Gasteiger partial charge in [-0.2, -0.15) is 0 Å². The second-order valence-electron chi connectivity index (χ2n) is 5.34. The van der Waals surface area contributed by atoms with Crippen LogP contribution in [-0.2, 0) is 20.0 Å². The zero-order valence-corrected chi connectivity index (χ0v) is 14.7. The van der Waals surface area contributed by atoms with Gasteiger partial charge in [0.15, 0.2) is 0 Å². The number of hydrogen-bond donors (Lipinski definition) is 2. The van der Waals surface area contributed by atoms with Crippen LogP contribution in [0, 0.1) is 5.82 Å². The third kappa shape index (κ3) is 4.31. The molecule has 2 aromatic rings. The van der Waals surface area contributed by atoms with Gasteiger partial charge in [-0.05, 0) is 50.2 Å². The van der Waals surface area contributed by atoms with Crippen molar-refractivity contribution in [2.24, 2.45) is 0 Å². The maximum atomic E-state index is 13.6. The molecule has 24 heavy (non-hydrogen) atoms. The maximum absolute atomic E-state index is 13.6. The molecule has 0 fully saturated rings. The van der Waals surface area contributed by atoms with Gasteiger partial charge in [-0.1, -0.05) is 12.1 Å². The van der Waals surface area contributed by atoms with Crippen LogP contribution in [0.5, 0.6) is 0 Å². The van der Waals surface area contributed by atoms with Gasteiger partial charge < -0.3 is 0 Å². The van der Waals surface area contributed by atoms with Crippen LogP contribution in [0.15, 0.2) is 58.3 Å². The normalized spacial score (nSPS) is 12.3. The van der Waals surface area contributed by atoms with E-state index in [0.717, 1.165) is 12.1 Å². The summed E-state index contributed by atoms with van der Waals surface area (Å²) in [4.78, 5) is -0.479. The van der Waals surface area contributed by atoms with Gasteiger partial charge in [0.2, 0.25) is 10.0 Å². The van der Waals surface area contributed by atoms with Crippen LogP contribution in [0.25, 0.3) is 0 Å². The molecule has 0 aliphatic rings. The molecule has 0 atom stereocenters. The fraction of sp³-hybridized carbons (Fsp3) is 0.200. The zero-order chi connectivity index (χ0) is 18.0. The highest BCUT2D eigenvalue weighted by Crippen LogP contribution is 2.20. The minimum Gasteiger partial charge on any atom is -0.280 e. The quantitative estimate of drug-likeness (QED) is 0.814. The summed E-state index contributed by atoms with van der Waals surface area (Å²) in [7, 11) is -7.77. The van der Waals surface area contributed by atoms with Gasteiger partial charge in [-0.25, -0.2) is 25.9 Å². The number of nitrogens with one attached hydrogen (secondary N) is 2. The van der Waals surface area contributed by atoms with Gasteiger partial charge in [0, 0.05) is 11.7 Å². The molecule has 0 aliphatic carbocycles. The van der Waals surface area contributed by atoms with E-state index >= 15 is 0 Å². The monoisotopic (exact) mass is 372 g/mol. The molecule has 0 amide bonds. The van der Waals surface area contributed by atoms with E-state index in [9.17, 15) is 21.2 Å². The van der Waals surface area contributed by atoms with Gasteiger partial charge in [0.1, 0.15) is 10.7 Å². The van der Waals surface area contributed by atoms with Crippen molar-refractivity contribution >= 4 is 25.7 Å². The van der Waals surface area contributed by atoms with Crippen molar-refractivity contribution in [3.8, 4) is 0 Å². The Morgan fingerprint density at radius 1 is 0.875 bits per heavy atom. The molecule has 2 rings (SSSR count). The van der Waals surface area contributed by atoms with Crippen LogP contribution >= 0.6 is 0 Å². The molecule has 0 aromatic heterocycles. The standard InChI is InChI=1S/C15H17FN2O4S2/c1-11(2)17-23(19,20)13-9-7-12(8-10-13)18-24(21,22)15-6-4-3-5-14(15)16/h3-11,17-18H,1-2H3. The number of rotatable bonds is 6. The van der Waals surface area contributed by atoms with E-state index < -0.39 is 30.8 Å². The topological polar surface area (TPSA) is 92.3 Å². The highest BCUT2D eigenvalue weighted by molar-refractivity contribution is 7.92. The predicted molar refractivity (Wildman–Crippen MR) is 89.1 cm³/mol. The number of sulfonamides is 2. The molecule has 0 unspecified atom stereocenters. The van der Waals surface area contributed by atoms with E-state index in [2.05, 4.69) is 9.44 Å². The van der Waals surface area contributed by atoms with Crippen LogP contribution in [0.4, 0.5) is 10.1 Å². The molecule has 0 bridgehead atoms. The van der Waals surface area contributed by atoms with Crippen molar-refractivity contribution in [2.75, 3.05) is 4.72 Å². The van der Waals surface area contributed by atoms with E-state index in [1.807, 2.05) is 0 Å². The minimum atomic E-state index is -4.10. The lowest BCUT2D eigenvalue weighted by atomic mass is 10.3. The van der Waals surface area contributed by atoms with Crippen LogP contribution in [0.2, 0.25) is 0 Å². The smallest absolute Gasteiger partial charge is 0.264 e. The number of benzene rings is 2. The Kier molecular flexibility index (Phi) is 5.26. The SMILES string of the molecule is CC(C)NS(=O)(=O)c1ccc(NS(=O)(=O)c2ccccc2F)cc1. The van der Waals surface area contributed by atoms with Gasteiger partial charge in [-0.15, -0.1) is 0 Å².